The number of fused-ring (bicyclic) bond motifs is 1. The Kier molecular flexibility index (Phi) is 4.33. The average molecular weight is 331 g/mol. The predicted octanol–water partition coefficient (Wildman–Crippen LogP) is 2.93. The van der Waals surface area contributed by atoms with Crippen LogP contribution in [-0.4, -0.2) is 30.4 Å². The summed E-state index contributed by atoms with van der Waals surface area (Å²) < 4.78 is 16.6. The summed E-state index contributed by atoms with van der Waals surface area (Å²) in [6, 6.07) is 8.80. The highest BCUT2D eigenvalue weighted by molar-refractivity contribution is 5.88. The Bertz CT molecular complexity index is 721. The van der Waals surface area contributed by atoms with Crippen LogP contribution in [0.25, 0.3) is 0 Å². The number of amides is 2. The van der Waals surface area contributed by atoms with Crippen molar-refractivity contribution in [3.05, 3.63) is 36.1 Å². The van der Waals surface area contributed by atoms with Crippen molar-refractivity contribution in [1.82, 2.24) is 10.5 Å². The second-order valence-electron chi connectivity index (χ2n) is 6.66. The number of hydrogen-bond donors (Lipinski definition) is 2. The SMILES string of the molecule is CC(C)(C)c1cc(NC(=O)NCC2COc3ccccc3O2)no1. The molecule has 0 spiro atoms. The van der Waals surface area contributed by atoms with Crippen molar-refractivity contribution in [3.63, 3.8) is 0 Å². The van der Waals surface area contributed by atoms with Gasteiger partial charge in [0.2, 0.25) is 0 Å². The fourth-order valence-electron chi connectivity index (χ4n) is 2.22. The van der Waals surface area contributed by atoms with Gasteiger partial charge in [0, 0.05) is 11.5 Å². The Balaban J connectivity index is 1.49. The molecule has 7 heteroatoms. The molecule has 3 rings (SSSR count). The summed E-state index contributed by atoms with van der Waals surface area (Å²) in [5, 5.41) is 9.23. The van der Waals surface area contributed by atoms with Gasteiger partial charge in [0.15, 0.2) is 23.4 Å². The van der Waals surface area contributed by atoms with Crippen LogP contribution in [0.15, 0.2) is 34.9 Å². The fourth-order valence-corrected chi connectivity index (χ4v) is 2.22. The molecule has 1 aliphatic rings. The molecule has 1 aromatic heterocycles. The van der Waals surface area contributed by atoms with Crippen molar-refractivity contribution in [2.24, 2.45) is 0 Å². The van der Waals surface area contributed by atoms with Crippen LogP contribution < -0.4 is 20.1 Å². The molecule has 0 saturated heterocycles. The minimum Gasteiger partial charge on any atom is -0.486 e. The molecule has 0 radical (unpaired) electrons. The molecule has 0 aliphatic carbocycles. The molecule has 7 nitrogen and oxygen atoms in total. The maximum Gasteiger partial charge on any atom is 0.320 e. The first-order valence-electron chi connectivity index (χ1n) is 7.82. The van der Waals surface area contributed by atoms with Crippen molar-refractivity contribution in [1.29, 1.82) is 0 Å². The highest BCUT2D eigenvalue weighted by atomic mass is 16.6. The van der Waals surface area contributed by atoms with Gasteiger partial charge < -0.3 is 19.3 Å². The van der Waals surface area contributed by atoms with Crippen molar-refractivity contribution < 1.29 is 18.8 Å². The summed E-state index contributed by atoms with van der Waals surface area (Å²) in [7, 11) is 0. The van der Waals surface area contributed by atoms with Crippen LogP contribution in [0.5, 0.6) is 11.5 Å². The van der Waals surface area contributed by atoms with E-state index >= 15 is 0 Å². The van der Waals surface area contributed by atoms with E-state index in [1.54, 1.807) is 6.07 Å². The Morgan fingerprint density at radius 2 is 2.04 bits per heavy atom. The summed E-state index contributed by atoms with van der Waals surface area (Å²) in [6.07, 6.45) is -0.243. The molecule has 1 unspecified atom stereocenters. The van der Waals surface area contributed by atoms with Gasteiger partial charge in [-0.3, -0.25) is 5.32 Å². The normalized spacial score (nSPS) is 16.5. The van der Waals surface area contributed by atoms with Crippen molar-refractivity contribution >= 4 is 11.8 Å². The van der Waals surface area contributed by atoms with Crippen LogP contribution in [0.1, 0.15) is 26.5 Å². The van der Waals surface area contributed by atoms with E-state index in [9.17, 15) is 4.79 Å². The number of hydrogen-bond acceptors (Lipinski definition) is 5. The third-order valence-corrected chi connectivity index (χ3v) is 3.55. The van der Waals surface area contributed by atoms with Gasteiger partial charge in [0.05, 0.1) is 6.54 Å². The highest BCUT2D eigenvalue weighted by Gasteiger charge is 2.22. The predicted molar refractivity (Wildman–Crippen MR) is 88.6 cm³/mol. The van der Waals surface area contributed by atoms with Crippen LogP contribution >= 0.6 is 0 Å². The molecule has 1 aliphatic heterocycles. The summed E-state index contributed by atoms with van der Waals surface area (Å²) >= 11 is 0. The lowest BCUT2D eigenvalue weighted by Gasteiger charge is -2.26. The van der Waals surface area contributed by atoms with Gasteiger partial charge in [0.1, 0.15) is 12.4 Å². The third-order valence-electron chi connectivity index (χ3n) is 3.55. The van der Waals surface area contributed by atoms with Gasteiger partial charge in [0.25, 0.3) is 0 Å². The first-order chi connectivity index (χ1) is 11.4. The number of nitrogens with one attached hydrogen (secondary N) is 2. The molecule has 2 amide bonds. The second kappa shape index (κ2) is 6.43. The van der Waals surface area contributed by atoms with E-state index in [1.807, 2.05) is 45.0 Å². The lowest BCUT2D eigenvalue weighted by molar-refractivity contribution is 0.0922. The molecule has 2 heterocycles. The number of nitrogens with zero attached hydrogens (tertiary/aromatic N) is 1. The number of aromatic nitrogens is 1. The molecule has 24 heavy (non-hydrogen) atoms. The maximum absolute atomic E-state index is 12.0. The number of anilines is 1. The minimum atomic E-state index is -0.369. The van der Waals surface area contributed by atoms with E-state index in [4.69, 9.17) is 14.0 Å². The molecule has 0 saturated carbocycles. The van der Waals surface area contributed by atoms with E-state index in [2.05, 4.69) is 15.8 Å². The standard InChI is InChI=1S/C17H21N3O4/c1-17(2,3)14-8-15(20-24-14)19-16(21)18-9-11-10-22-12-6-4-5-7-13(12)23-11/h4-8,11H,9-10H2,1-3H3,(H2,18,19,20,21). The van der Waals surface area contributed by atoms with Crippen molar-refractivity contribution in [3.8, 4) is 11.5 Å². The monoisotopic (exact) mass is 331 g/mol. The van der Waals surface area contributed by atoms with Crippen LogP contribution in [0.4, 0.5) is 10.6 Å². The smallest absolute Gasteiger partial charge is 0.320 e. The zero-order chi connectivity index (χ0) is 17.2. The van der Waals surface area contributed by atoms with Crippen LogP contribution in [0, 0.1) is 0 Å². The second-order valence-corrected chi connectivity index (χ2v) is 6.66. The first-order valence-corrected chi connectivity index (χ1v) is 7.82. The molecular weight excluding hydrogens is 310 g/mol. The fraction of sp³-hybridized carbons (Fsp3) is 0.412. The lowest BCUT2D eigenvalue weighted by atomic mass is 9.93. The van der Waals surface area contributed by atoms with E-state index in [-0.39, 0.29) is 17.6 Å². The van der Waals surface area contributed by atoms with Gasteiger partial charge in [-0.25, -0.2) is 4.79 Å². The molecule has 128 valence electrons. The number of carbonyl (C=O) groups is 1. The van der Waals surface area contributed by atoms with Gasteiger partial charge >= 0.3 is 6.03 Å². The van der Waals surface area contributed by atoms with Gasteiger partial charge in [-0.05, 0) is 12.1 Å². The van der Waals surface area contributed by atoms with Gasteiger partial charge in [-0.15, -0.1) is 0 Å². The number of para-hydroxylation sites is 2. The van der Waals surface area contributed by atoms with Gasteiger partial charge in [-0.2, -0.15) is 0 Å². The summed E-state index contributed by atoms with van der Waals surface area (Å²) in [5.74, 6) is 2.49. The number of rotatable bonds is 3. The van der Waals surface area contributed by atoms with Crippen molar-refractivity contribution in [2.45, 2.75) is 32.3 Å². The largest absolute Gasteiger partial charge is 0.486 e. The molecular formula is C17H21N3O4. The molecule has 0 fully saturated rings. The quantitative estimate of drug-likeness (QED) is 0.903. The number of benzene rings is 1. The number of ether oxygens (including phenoxy) is 2. The lowest BCUT2D eigenvalue weighted by Crippen LogP contribution is -2.42. The molecule has 1 atom stereocenters. The van der Waals surface area contributed by atoms with Crippen LogP contribution in [0.2, 0.25) is 0 Å². The molecule has 2 N–H and O–H groups in total. The molecule has 0 bridgehead atoms. The van der Waals surface area contributed by atoms with Crippen LogP contribution in [-0.2, 0) is 5.41 Å². The van der Waals surface area contributed by atoms with Crippen LogP contribution in [0.3, 0.4) is 0 Å². The summed E-state index contributed by atoms with van der Waals surface area (Å²) in [6.45, 7) is 6.74. The number of urea groups is 1. The topological polar surface area (TPSA) is 85.6 Å². The summed E-state index contributed by atoms with van der Waals surface area (Å²) in [4.78, 5) is 12.0. The zero-order valence-corrected chi connectivity index (χ0v) is 14.0. The van der Waals surface area contributed by atoms with Crippen molar-refractivity contribution in [2.75, 3.05) is 18.5 Å². The van der Waals surface area contributed by atoms with E-state index in [1.165, 1.54) is 0 Å². The summed E-state index contributed by atoms with van der Waals surface area (Å²) in [5.41, 5.74) is -0.163. The van der Waals surface area contributed by atoms with E-state index < -0.39 is 0 Å². The zero-order valence-electron chi connectivity index (χ0n) is 14.0. The van der Waals surface area contributed by atoms with Gasteiger partial charge in [-0.1, -0.05) is 38.1 Å². The molecule has 2 aromatic rings. The highest BCUT2D eigenvalue weighted by Crippen LogP contribution is 2.30. The number of carbonyl (C=O) groups excluding carboxylic acids is 1. The first kappa shape index (κ1) is 16.2. The Labute approximate surface area is 140 Å². The minimum absolute atomic E-state index is 0.163. The Hall–Kier alpha value is -2.70. The average Bonchev–Trinajstić information content (AvgIpc) is 3.01. The third kappa shape index (κ3) is 3.79. The Morgan fingerprint density at radius 3 is 2.75 bits per heavy atom. The Morgan fingerprint density at radius 1 is 1.29 bits per heavy atom. The maximum atomic E-state index is 12.0. The van der Waals surface area contributed by atoms with E-state index in [0.717, 1.165) is 5.75 Å². The van der Waals surface area contributed by atoms with E-state index in [0.29, 0.717) is 30.5 Å². The molecule has 1 aromatic carbocycles.